The maximum Gasteiger partial charge on any atom is 0.127 e. The summed E-state index contributed by atoms with van der Waals surface area (Å²) in [6.07, 6.45) is 8.21. The second-order valence-corrected chi connectivity index (χ2v) is 3.60. The zero-order chi connectivity index (χ0) is 7.95. The van der Waals surface area contributed by atoms with Gasteiger partial charge in [-0.2, -0.15) is 0 Å². The molecule has 1 fully saturated rings. The molecular weight excluding hydrogens is 140 g/mol. The molecule has 58 valence electrons. The Morgan fingerprint density at radius 3 is 1.82 bits per heavy atom. The smallest absolute Gasteiger partial charge is 0.127 e. The minimum atomic E-state index is -0.302. The molecule has 0 bridgehead atoms. The van der Waals surface area contributed by atoms with E-state index in [-0.39, 0.29) is 10.8 Å². The van der Waals surface area contributed by atoms with Crippen LogP contribution in [-0.4, -0.2) is 12.6 Å². The van der Waals surface area contributed by atoms with Crippen molar-refractivity contribution in [3.63, 3.8) is 0 Å². The summed E-state index contributed by atoms with van der Waals surface area (Å²) in [5.41, 5.74) is -0.604. The Kier molecular flexibility index (Phi) is 1.12. The molecule has 0 spiro atoms. The Morgan fingerprint density at radius 1 is 1.00 bits per heavy atom. The molecule has 2 nitrogen and oxygen atoms in total. The summed E-state index contributed by atoms with van der Waals surface area (Å²) in [4.78, 5) is 21.4. The van der Waals surface area contributed by atoms with Crippen molar-refractivity contribution in [2.45, 2.75) is 19.3 Å². The molecular formula is C9H10O2. The van der Waals surface area contributed by atoms with E-state index in [1.807, 2.05) is 12.2 Å². The van der Waals surface area contributed by atoms with E-state index in [9.17, 15) is 9.59 Å². The summed E-state index contributed by atoms with van der Waals surface area (Å²) >= 11 is 0. The average molecular weight is 150 g/mol. The van der Waals surface area contributed by atoms with Crippen molar-refractivity contribution in [1.82, 2.24) is 0 Å². The third kappa shape index (κ3) is 0.621. The van der Waals surface area contributed by atoms with E-state index in [1.165, 1.54) is 0 Å². The average Bonchev–Trinajstić information content (AvgIpc) is 2.75. The normalized spacial score (nSPS) is 46.2. The van der Waals surface area contributed by atoms with Gasteiger partial charge in [-0.25, -0.2) is 0 Å². The van der Waals surface area contributed by atoms with Gasteiger partial charge in [-0.05, 0) is 19.3 Å². The molecule has 0 heterocycles. The predicted molar refractivity (Wildman–Crippen MR) is 40.0 cm³/mol. The standard InChI is InChI=1S/C9H10O2/c10-6-8-3-1-2-4-9(8,5-8)7-11/h1-2,6-7H,3-5H2. The van der Waals surface area contributed by atoms with Crippen LogP contribution in [0.5, 0.6) is 0 Å². The first-order valence-electron chi connectivity index (χ1n) is 3.86. The Morgan fingerprint density at radius 2 is 1.45 bits per heavy atom. The van der Waals surface area contributed by atoms with E-state index in [0.717, 1.165) is 31.8 Å². The fourth-order valence-corrected chi connectivity index (χ4v) is 2.07. The quantitative estimate of drug-likeness (QED) is 0.436. The number of rotatable bonds is 2. The first-order valence-corrected chi connectivity index (χ1v) is 3.86. The summed E-state index contributed by atoms with van der Waals surface area (Å²) < 4.78 is 0. The van der Waals surface area contributed by atoms with Crippen molar-refractivity contribution < 1.29 is 9.59 Å². The molecule has 2 atom stereocenters. The molecule has 1 saturated carbocycles. The molecule has 0 saturated heterocycles. The fourth-order valence-electron chi connectivity index (χ4n) is 2.07. The first kappa shape index (κ1) is 6.77. The molecule has 2 rings (SSSR count). The zero-order valence-electron chi connectivity index (χ0n) is 6.25. The molecule has 2 aliphatic rings. The lowest BCUT2D eigenvalue weighted by molar-refractivity contribution is -0.119. The maximum absolute atomic E-state index is 10.7. The van der Waals surface area contributed by atoms with Crippen LogP contribution in [0.3, 0.4) is 0 Å². The lowest BCUT2D eigenvalue weighted by Gasteiger charge is -2.16. The topological polar surface area (TPSA) is 34.1 Å². The van der Waals surface area contributed by atoms with E-state index in [4.69, 9.17) is 0 Å². The van der Waals surface area contributed by atoms with Gasteiger partial charge >= 0.3 is 0 Å². The SMILES string of the molecule is O=CC12CC=CCC1(C=O)C2. The molecule has 0 aliphatic heterocycles. The third-order valence-electron chi connectivity index (χ3n) is 3.08. The number of carbonyl (C=O) groups excluding carboxylic acids is 2. The molecule has 0 aromatic rings. The largest absolute Gasteiger partial charge is 0.303 e. The van der Waals surface area contributed by atoms with E-state index < -0.39 is 0 Å². The number of hydrogen-bond acceptors (Lipinski definition) is 2. The Bertz CT molecular complexity index is 220. The highest BCUT2D eigenvalue weighted by atomic mass is 16.1. The lowest BCUT2D eigenvalue weighted by Crippen LogP contribution is -2.18. The van der Waals surface area contributed by atoms with Crippen molar-refractivity contribution in [2.75, 3.05) is 0 Å². The highest BCUT2D eigenvalue weighted by molar-refractivity contribution is 5.81. The van der Waals surface area contributed by atoms with Crippen molar-refractivity contribution in [3.05, 3.63) is 12.2 Å². The van der Waals surface area contributed by atoms with Crippen molar-refractivity contribution >= 4 is 12.6 Å². The van der Waals surface area contributed by atoms with Crippen LogP contribution in [-0.2, 0) is 9.59 Å². The molecule has 0 aromatic heterocycles. The monoisotopic (exact) mass is 150 g/mol. The summed E-state index contributed by atoms with van der Waals surface area (Å²) in [7, 11) is 0. The van der Waals surface area contributed by atoms with Crippen LogP contribution in [0.1, 0.15) is 19.3 Å². The molecule has 2 aliphatic carbocycles. The Balaban J connectivity index is 2.34. The van der Waals surface area contributed by atoms with E-state index in [1.54, 1.807) is 0 Å². The summed E-state index contributed by atoms with van der Waals surface area (Å²) in [6, 6.07) is 0. The van der Waals surface area contributed by atoms with Crippen LogP contribution in [0.4, 0.5) is 0 Å². The highest BCUT2D eigenvalue weighted by Gasteiger charge is 2.67. The number of fused-ring (bicyclic) bond motifs is 1. The van der Waals surface area contributed by atoms with Gasteiger partial charge < -0.3 is 9.59 Å². The molecule has 2 unspecified atom stereocenters. The maximum atomic E-state index is 10.7. The van der Waals surface area contributed by atoms with Gasteiger partial charge in [0, 0.05) is 10.8 Å². The van der Waals surface area contributed by atoms with Gasteiger partial charge in [0.2, 0.25) is 0 Å². The predicted octanol–water partition coefficient (Wildman–Crippen LogP) is 1.11. The second-order valence-electron chi connectivity index (χ2n) is 3.60. The van der Waals surface area contributed by atoms with E-state index in [2.05, 4.69) is 0 Å². The van der Waals surface area contributed by atoms with Gasteiger partial charge in [0.25, 0.3) is 0 Å². The van der Waals surface area contributed by atoms with Gasteiger partial charge in [-0.3, -0.25) is 0 Å². The number of allylic oxidation sites excluding steroid dienone is 2. The van der Waals surface area contributed by atoms with Gasteiger partial charge in [0.1, 0.15) is 12.6 Å². The molecule has 0 radical (unpaired) electrons. The second kappa shape index (κ2) is 1.81. The van der Waals surface area contributed by atoms with E-state index >= 15 is 0 Å². The van der Waals surface area contributed by atoms with Crippen LogP contribution in [0, 0.1) is 10.8 Å². The van der Waals surface area contributed by atoms with Crippen LogP contribution >= 0.6 is 0 Å². The summed E-state index contributed by atoms with van der Waals surface area (Å²) in [5.74, 6) is 0. The van der Waals surface area contributed by atoms with Crippen LogP contribution in [0.15, 0.2) is 12.2 Å². The third-order valence-corrected chi connectivity index (χ3v) is 3.08. The van der Waals surface area contributed by atoms with Gasteiger partial charge in [-0.15, -0.1) is 0 Å². The lowest BCUT2D eigenvalue weighted by atomic mass is 9.85. The number of hydrogen-bond donors (Lipinski definition) is 0. The summed E-state index contributed by atoms with van der Waals surface area (Å²) in [6.45, 7) is 0. The molecule has 0 N–H and O–H groups in total. The zero-order valence-corrected chi connectivity index (χ0v) is 6.25. The van der Waals surface area contributed by atoms with Crippen molar-refractivity contribution in [3.8, 4) is 0 Å². The molecule has 11 heavy (non-hydrogen) atoms. The van der Waals surface area contributed by atoms with Crippen LogP contribution < -0.4 is 0 Å². The fraction of sp³-hybridized carbons (Fsp3) is 0.556. The molecule has 2 heteroatoms. The Labute approximate surface area is 65.3 Å². The number of aldehydes is 2. The van der Waals surface area contributed by atoms with Gasteiger partial charge in [0.05, 0.1) is 0 Å². The van der Waals surface area contributed by atoms with Crippen molar-refractivity contribution in [2.24, 2.45) is 10.8 Å². The van der Waals surface area contributed by atoms with E-state index in [0.29, 0.717) is 0 Å². The minimum Gasteiger partial charge on any atom is -0.303 e. The van der Waals surface area contributed by atoms with Gasteiger partial charge in [0.15, 0.2) is 0 Å². The summed E-state index contributed by atoms with van der Waals surface area (Å²) in [5, 5.41) is 0. The number of carbonyl (C=O) groups is 2. The van der Waals surface area contributed by atoms with Gasteiger partial charge in [-0.1, -0.05) is 12.2 Å². The Hall–Kier alpha value is -0.920. The van der Waals surface area contributed by atoms with Crippen molar-refractivity contribution in [1.29, 1.82) is 0 Å². The highest BCUT2D eigenvalue weighted by Crippen LogP contribution is 2.67. The minimum absolute atomic E-state index is 0.302. The molecule has 0 amide bonds. The first-order chi connectivity index (χ1) is 5.29. The van der Waals surface area contributed by atoms with Crippen LogP contribution in [0.25, 0.3) is 0 Å². The molecule has 0 aromatic carbocycles. The van der Waals surface area contributed by atoms with Crippen LogP contribution in [0.2, 0.25) is 0 Å².